The summed E-state index contributed by atoms with van der Waals surface area (Å²) in [5.74, 6) is 0.850. The molecule has 1 amide bonds. The van der Waals surface area contributed by atoms with Crippen molar-refractivity contribution in [3.05, 3.63) is 30.3 Å². The van der Waals surface area contributed by atoms with Crippen molar-refractivity contribution in [2.24, 2.45) is 5.73 Å². The average Bonchev–Trinajstić information content (AvgIpc) is 2.53. The molecule has 0 radical (unpaired) electrons. The summed E-state index contributed by atoms with van der Waals surface area (Å²) in [7, 11) is 0. The van der Waals surface area contributed by atoms with E-state index in [0.717, 1.165) is 32.2 Å². The summed E-state index contributed by atoms with van der Waals surface area (Å²) < 4.78 is 5.96. The second-order valence-corrected chi connectivity index (χ2v) is 6.04. The lowest BCUT2D eigenvalue weighted by Crippen LogP contribution is -2.46. The molecule has 1 aliphatic rings. The minimum absolute atomic E-state index is 0.114. The van der Waals surface area contributed by atoms with E-state index >= 15 is 0 Å². The molecule has 1 aromatic rings. The van der Waals surface area contributed by atoms with Gasteiger partial charge in [0.05, 0.1) is 11.6 Å². The van der Waals surface area contributed by atoms with Crippen LogP contribution in [0, 0.1) is 0 Å². The molecule has 2 rings (SSSR count). The molecule has 126 valence electrons. The molecule has 0 aromatic heterocycles. The van der Waals surface area contributed by atoms with Crippen LogP contribution in [0.5, 0.6) is 5.75 Å². The maximum absolute atomic E-state index is 12.3. The number of likely N-dealkylation sites (tertiary alicyclic amines) is 1. The van der Waals surface area contributed by atoms with E-state index in [4.69, 9.17) is 16.2 Å². The van der Waals surface area contributed by atoms with Gasteiger partial charge in [0.25, 0.3) is 0 Å². The molecule has 1 aliphatic heterocycles. The second kappa shape index (κ2) is 7.90. The van der Waals surface area contributed by atoms with Gasteiger partial charge < -0.3 is 21.1 Å². The highest BCUT2D eigenvalue weighted by Crippen LogP contribution is 2.29. The van der Waals surface area contributed by atoms with E-state index in [2.05, 4.69) is 6.58 Å². The topological polar surface area (TPSA) is 81.6 Å². The average molecular weight is 317 g/mol. The van der Waals surface area contributed by atoms with Crippen LogP contribution >= 0.6 is 0 Å². The van der Waals surface area contributed by atoms with E-state index in [-0.39, 0.29) is 11.9 Å². The molecular formula is C18H27N3O2. The van der Waals surface area contributed by atoms with Crippen LogP contribution in [0.2, 0.25) is 0 Å². The van der Waals surface area contributed by atoms with Gasteiger partial charge in [-0.1, -0.05) is 19.6 Å². The third-order valence-corrected chi connectivity index (χ3v) is 4.22. The number of anilines is 1. The van der Waals surface area contributed by atoms with Crippen LogP contribution in [-0.4, -0.2) is 30.0 Å². The fourth-order valence-electron chi connectivity index (χ4n) is 3.06. The summed E-state index contributed by atoms with van der Waals surface area (Å²) in [5, 5.41) is 0. The Kier molecular flexibility index (Phi) is 5.90. The van der Waals surface area contributed by atoms with Gasteiger partial charge in [0, 0.05) is 24.4 Å². The zero-order chi connectivity index (χ0) is 16.8. The van der Waals surface area contributed by atoms with E-state index in [1.54, 1.807) is 6.07 Å². The first kappa shape index (κ1) is 17.2. The lowest BCUT2D eigenvalue weighted by Gasteiger charge is -2.35. The molecule has 5 heteroatoms. The predicted octanol–water partition coefficient (Wildman–Crippen LogP) is 2.76. The molecular weight excluding hydrogens is 290 g/mol. The van der Waals surface area contributed by atoms with Gasteiger partial charge in [-0.2, -0.15) is 0 Å². The Balaban J connectivity index is 2.08. The van der Waals surface area contributed by atoms with Gasteiger partial charge in [0.2, 0.25) is 5.91 Å². The number of carbonyl (C=O) groups excluding carboxylic acids is 1. The van der Waals surface area contributed by atoms with Crippen LogP contribution in [0.25, 0.3) is 5.70 Å². The minimum atomic E-state index is 0.114. The van der Waals surface area contributed by atoms with E-state index in [0.29, 0.717) is 35.7 Å². The quantitative estimate of drug-likeness (QED) is 0.790. The van der Waals surface area contributed by atoms with Gasteiger partial charge in [0.1, 0.15) is 12.4 Å². The first-order chi connectivity index (χ1) is 11.0. The Hall–Kier alpha value is -2.17. The molecule has 1 atom stereocenters. The second-order valence-electron chi connectivity index (χ2n) is 6.04. The van der Waals surface area contributed by atoms with Crippen LogP contribution < -0.4 is 16.2 Å². The number of amides is 1. The normalized spacial score (nSPS) is 17.8. The van der Waals surface area contributed by atoms with Crippen molar-refractivity contribution in [1.82, 2.24) is 4.90 Å². The Labute approximate surface area is 138 Å². The summed E-state index contributed by atoms with van der Waals surface area (Å²) in [6.45, 7) is 7.07. The number of nitrogen functional groups attached to an aromatic ring is 1. The Bertz CT molecular complexity index is 571. The summed E-state index contributed by atoms with van der Waals surface area (Å²) in [6.07, 6.45) is 4.62. The number of hydrogen-bond acceptors (Lipinski definition) is 4. The summed E-state index contributed by atoms with van der Waals surface area (Å²) in [5.41, 5.74) is 13.4. The lowest BCUT2D eigenvalue weighted by atomic mass is 10.0. The van der Waals surface area contributed by atoms with Gasteiger partial charge >= 0.3 is 0 Å². The zero-order valence-electron chi connectivity index (χ0n) is 13.9. The van der Waals surface area contributed by atoms with E-state index in [9.17, 15) is 4.79 Å². The highest BCUT2D eigenvalue weighted by molar-refractivity contribution is 5.77. The Morgan fingerprint density at radius 2 is 2.22 bits per heavy atom. The number of hydrogen-bond donors (Lipinski definition) is 2. The zero-order valence-corrected chi connectivity index (χ0v) is 13.9. The first-order valence-electron chi connectivity index (χ1n) is 8.30. The summed E-state index contributed by atoms with van der Waals surface area (Å²) in [6, 6.07) is 5.56. The van der Waals surface area contributed by atoms with Crippen LogP contribution in [0.1, 0.15) is 44.6 Å². The molecule has 1 fully saturated rings. The fraction of sp³-hybridized carbons (Fsp3) is 0.500. The first-order valence-corrected chi connectivity index (χ1v) is 8.30. The summed E-state index contributed by atoms with van der Waals surface area (Å²) in [4.78, 5) is 14.2. The number of piperidine rings is 1. The third-order valence-electron chi connectivity index (χ3n) is 4.22. The van der Waals surface area contributed by atoms with Crippen molar-refractivity contribution in [1.29, 1.82) is 0 Å². The van der Waals surface area contributed by atoms with Crippen molar-refractivity contribution in [3.8, 4) is 5.75 Å². The van der Waals surface area contributed by atoms with Crippen LogP contribution in [0.3, 0.4) is 0 Å². The number of nitrogens with zero attached hydrogens (tertiary/aromatic N) is 1. The van der Waals surface area contributed by atoms with Crippen molar-refractivity contribution < 1.29 is 9.53 Å². The third kappa shape index (κ3) is 4.18. The maximum Gasteiger partial charge on any atom is 0.222 e. The minimum Gasteiger partial charge on any atom is -0.491 e. The number of rotatable bonds is 6. The van der Waals surface area contributed by atoms with Gasteiger partial charge in [-0.3, -0.25) is 4.79 Å². The van der Waals surface area contributed by atoms with Gasteiger partial charge in [-0.05, 0) is 37.8 Å². The van der Waals surface area contributed by atoms with E-state index < -0.39 is 0 Å². The van der Waals surface area contributed by atoms with Gasteiger partial charge in [-0.15, -0.1) is 0 Å². The molecule has 4 N–H and O–H groups in total. The largest absolute Gasteiger partial charge is 0.491 e. The van der Waals surface area contributed by atoms with Crippen molar-refractivity contribution in [3.63, 3.8) is 0 Å². The van der Waals surface area contributed by atoms with Crippen LogP contribution in [0.15, 0.2) is 24.8 Å². The number of benzene rings is 1. The standard InChI is InChI=1S/C18H27N3O2/c1-3-7-17(22)21-11-5-4-8-14(21)12-23-16-10-6-9-15(20)18(16)13(2)19/h6,9-10,14H,2-5,7-8,11-12,19-20H2,1H3. The van der Waals surface area contributed by atoms with Crippen molar-refractivity contribution in [2.45, 2.75) is 45.1 Å². The van der Waals surface area contributed by atoms with Crippen LogP contribution in [0.4, 0.5) is 5.69 Å². The lowest BCUT2D eigenvalue weighted by molar-refractivity contribution is -0.135. The molecule has 1 saturated heterocycles. The highest BCUT2D eigenvalue weighted by Gasteiger charge is 2.26. The number of ether oxygens (including phenoxy) is 1. The maximum atomic E-state index is 12.3. The van der Waals surface area contributed by atoms with Gasteiger partial charge in [0.15, 0.2) is 0 Å². The molecule has 5 nitrogen and oxygen atoms in total. The number of nitrogens with two attached hydrogens (primary N) is 2. The van der Waals surface area contributed by atoms with Gasteiger partial charge in [-0.25, -0.2) is 0 Å². The van der Waals surface area contributed by atoms with E-state index in [1.165, 1.54) is 0 Å². The van der Waals surface area contributed by atoms with Crippen molar-refractivity contribution >= 4 is 17.3 Å². The van der Waals surface area contributed by atoms with E-state index in [1.807, 2.05) is 24.0 Å². The summed E-state index contributed by atoms with van der Waals surface area (Å²) >= 11 is 0. The SMILES string of the molecule is C=C(N)c1c(N)cccc1OCC1CCCCN1C(=O)CCC. The highest BCUT2D eigenvalue weighted by atomic mass is 16.5. The molecule has 23 heavy (non-hydrogen) atoms. The molecule has 0 bridgehead atoms. The molecule has 0 saturated carbocycles. The molecule has 0 aliphatic carbocycles. The number of carbonyl (C=O) groups is 1. The smallest absolute Gasteiger partial charge is 0.222 e. The Morgan fingerprint density at radius 3 is 2.91 bits per heavy atom. The monoisotopic (exact) mass is 317 g/mol. The van der Waals surface area contributed by atoms with Crippen molar-refractivity contribution in [2.75, 3.05) is 18.9 Å². The molecule has 0 spiro atoms. The predicted molar refractivity (Wildman–Crippen MR) is 93.8 cm³/mol. The fourth-order valence-corrected chi connectivity index (χ4v) is 3.06. The van der Waals surface area contributed by atoms with Crippen LogP contribution in [-0.2, 0) is 4.79 Å². The Morgan fingerprint density at radius 1 is 1.43 bits per heavy atom. The molecule has 1 heterocycles. The molecule has 1 aromatic carbocycles. The molecule has 1 unspecified atom stereocenters.